The molecule has 8 heteroatoms. The molecule has 0 fully saturated rings. The van der Waals surface area contributed by atoms with Crippen molar-refractivity contribution in [2.24, 2.45) is 0 Å². The summed E-state index contributed by atoms with van der Waals surface area (Å²) < 4.78 is 31.8. The fraction of sp³-hybridized carbons (Fsp3) is 0.263. The highest BCUT2D eigenvalue weighted by Gasteiger charge is 2.21. The van der Waals surface area contributed by atoms with Crippen LogP contribution < -0.4 is 4.72 Å². The fourth-order valence-electron chi connectivity index (χ4n) is 2.26. The van der Waals surface area contributed by atoms with Crippen LogP contribution >= 0.6 is 11.6 Å². The van der Waals surface area contributed by atoms with Gasteiger partial charge in [-0.15, -0.1) is 0 Å². The Morgan fingerprint density at radius 2 is 1.70 bits per heavy atom. The number of rotatable bonds is 7. The Hall–Kier alpha value is -2.22. The molecule has 0 aliphatic rings. The quantitative estimate of drug-likeness (QED) is 0.560. The van der Waals surface area contributed by atoms with Crippen LogP contribution in [0.4, 0.5) is 0 Å². The number of carbonyl (C=O) groups excluding carboxylic acids is 2. The van der Waals surface area contributed by atoms with Gasteiger partial charge >= 0.3 is 5.97 Å². The van der Waals surface area contributed by atoms with Crippen LogP contribution in [-0.2, 0) is 19.6 Å². The average Bonchev–Trinajstić information content (AvgIpc) is 2.62. The second-order valence-electron chi connectivity index (χ2n) is 6.07. The lowest BCUT2D eigenvalue weighted by Gasteiger charge is -2.13. The first-order valence-electron chi connectivity index (χ1n) is 8.16. The molecule has 2 rings (SSSR count). The van der Waals surface area contributed by atoms with Gasteiger partial charge in [-0.1, -0.05) is 17.7 Å². The zero-order valence-electron chi connectivity index (χ0n) is 15.2. The van der Waals surface area contributed by atoms with Crippen molar-refractivity contribution in [2.75, 3.05) is 6.54 Å². The largest absolute Gasteiger partial charge is 0.453 e. The molecule has 0 saturated heterocycles. The van der Waals surface area contributed by atoms with Gasteiger partial charge < -0.3 is 4.74 Å². The van der Waals surface area contributed by atoms with Gasteiger partial charge in [0.1, 0.15) is 6.54 Å². The smallest absolute Gasteiger partial charge is 0.321 e. The van der Waals surface area contributed by atoms with Gasteiger partial charge in [0, 0.05) is 10.6 Å². The van der Waals surface area contributed by atoms with Gasteiger partial charge in [-0.3, -0.25) is 9.59 Å². The van der Waals surface area contributed by atoms with Gasteiger partial charge in [0.05, 0.1) is 4.90 Å². The van der Waals surface area contributed by atoms with Crippen molar-refractivity contribution in [1.29, 1.82) is 0 Å². The summed E-state index contributed by atoms with van der Waals surface area (Å²) in [5.41, 5.74) is 2.13. The van der Waals surface area contributed by atoms with Crippen molar-refractivity contribution in [2.45, 2.75) is 31.8 Å². The van der Waals surface area contributed by atoms with Crippen molar-refractivity contribution in [3.05, 3.63) is 64.2 Å². The number of aryl methyl sites for hydroxylation is 2. The first-order chi connectivity index (χ1) is 12.6. The van der Waals surface area contributed by atoms with Gasteiger partial charge in [0.25, 0.3) is 0 Å². The van der Waals surface area contributed by atoms with Crippen LogP contribution in [0.2, 0.25) is 5.02 Å². The minimum absolute atomic E-state index is 0.0590. The van der Waals surface area contributed by atoms with E-state index in [9.17, 15) is 18.0 Å². The number of sulfonamides is 1. The van der Waals surface area contributed by atoms with Crippen molar-refractivity contribution < 1.29 is 22.7 Å². The van der Waals surface area contributed by atoms with Gasteiger partial charge in [0.15, 0.2) is 6.10 Å². The highest BCUT2D eigenvalue weighted by Crippen LogP contribution is 2.15. The van der Waals surface area contributed by atoms with E-state index < -0.39 is 34.4 Å². The predicted octanol–water partition coefficient (Wildman–Crippen LogP) is 3.05. The molecular weight excluding hydrogens is 390 g/mol. The summed E-state index contributed by atoms with van der Waals surface area (Å²) in [5.74, 6) is -1.26. The number of nitrogens with one attached hydrogen (secondary N) is 1. The van der Waals surface area contributed by atoms with Crippen LogP contribution in [0.5, 0.6) is 0 Å². The standard InChI is InChI=1S/C19H20ClNO5S/c1-12-4-9-17(10-13(12)2)27(24,25)21-11-18(22)26-14(3)19(23)15-5-7-16(20)8-6-15/h4-10,14,21H,11H2,1-3H3/t14-/m1/s1. The summed E-state index contributed by atoms with van der Waals surface area (Å²) in [5, 5.41) is 0.483. The van der Waals surface area contributed by atoms with Gasteiger partial charge in [-0.25, -0.2) is 8.42 Å². The molecule has 0 unspecified atom stereocenters. The first kappa shape index (κ1) is 21.1. The summed E-state index contributed by atoms with van der Waals surface area (Å²) >= 11 is 5.77. The highest BCUT2D eigenvalue weighted by molar-refractivity contribution is 7.89. The second-order valence-corrected chi connectivity index (χ2v) is 8.28. The normalized spacial score (nSPS) is 12.4. The van der Waals surface area contributed by atoms with Crippen molar-refractivity contribution in [3.8, 4) is 0 Å². The lowest BCUT2D eigenvalue weighted by Crippen LogP contribution is -2.34. The number of ketones is 1. The third kappa shape index (κ3) is 5.63. The third-order valence-corrected chi connectivity index (χ3v) is 5.65. The van der Waals surface area contributed by atoms with Crippen LogP contribution in [0.25, 0.3) is 0 Å². The zero-order valence-corrected chi connectivity index (χ0v) is 16.7. The summed E-state index contributed by atoms with van der Waals surface area (Å²) in [6.45, 7) is 4.52. The van der Waals surface area contributed by atoms with Crippen LogP contribution in [0.3, 0.4) is 0 Å². The molecule has 2 aromatic rings. The molecule has 1 N–H and O–H groups in total. The first-order valence-corrected chi connectivity index (χ1v) is 10.0. The van der Waals surface area contributed by atoms with Crippen LogP contribution in [0, 0.1) is 13.8 Å². The van der Waals surface area contributed by atoms with E-state index in [4.69, 9.17) is 16.3 Å². The Bertz CT molecular complexity index is 955. The molecule has 2 aromatic carbocycles. The number of hydrogen-bond donors (Lipinski definition) is 1. The maximum absolute atomic E-state index is 12.3. The monoisotopic (exact) mass is 409 g/mol. The van der Waals surface area contributed by atoms with E-state index in [1.54, 1.807) is 25.1 Å². The molecule has 27 heavy (non-hydrogen) atoms. The molecule has 0 heterocycles. The van der Waals surface area contributed by atoms with Crippen molar-refractivity contribution in [1.82, 2.24) is 4.72 Å². The van der Waals surface area contributed by atoms with E-state index in [0.717, 1.165) is 11.1 Å². The van der Waals surface area contributed by atoms with Crippen LogP contribution in [0.15, 0.2) is 47.4 Å². The molecule has 0 spiro atoms. The van der Waals surface area contributed by atoms with Crippen LogP contribution in [0.1, 0.15) is 28.4 Å². The van der Waals surface area contributed by atoms with E-state index in [2.05, 4.69) is 4.72 Å². The molecule has 6 nitrogen and oxygen atoms in total. The van der Waals surface area contributed by atoms with E-state index in [1.807, 2.05) is 6.92 Å². The number of benzene rings is 2. The Morgan fingerprint density at radius 1 is 1.07 bits per heavy atom. The Kier molecular flexibility index (Phi) is 6.75. The van der Waals surface area contributed by atoms with Gasteiger partial charge in [-0.2, -0.15) is 4.72 Å². The van der Waals surface area contributed by atoms with Gasteiger partial charge in [0.2, 0.25) is 15.8 Å². The minimum Gasteiger partial charge on any atom is -0.453 e. The van der Waals surface area contributed by atoms with E-state index in [-0.39, 0.29) is 4.90 Å². The molecule has 0 amide bonds. The van der Waals surface area contributed by atoms with Gasteiger partial charge in [-0.05, 0) is 68.3 Å². The number of esters is 1. The molecule has 0 aliphatic carbocycles. The Balaban J connectivity index is 1.95. The molecule has 0 saturated carbocycles. The summed E-state index contributed by atoms with van der Waals surface area (Å²) in [7, 11) is -3.86. The number of halogens is 1. The minimum atomic E-state index is -3.86. The zero-order chi connectivity index (χ0) is 20.2. The Labute approximate surface area is 163 Å². The van der Waals surface area contributed by atoms with Crippen molar-refractivity contribution >= 4 is 33.4 Å². The molecule has 0 bridgehead atoms. The fourth-order valence-corrected chi connectivity index (χ4v) is 3.44. The lowest BCUT2D eigenvalue weighted by molar-refractivity contribution is -0.144. The molecule has 0 radical (unpaired) electrons. The third-order valence-electron chi connectivity index (χ3n) is 4.00. The number of hydrogen-bond acceptors (Lipinski definition) is 5. The van der Waals surface area contributed by atoms with Crippen molar-refractivity contribution in [3.63, 3.8) is 0 Å². The Morgan fingerprint density at radius 3 is 2.30 bits per heavy atom. The van der Waals surface area contributed by atoms with E-state index in [1.165, 1.54) is 31.2 Å². The lowest BCUT2D eigenvalue weighted by atomic mass is 10.1. The molecule has 1 atom stereocenters. The summed E-state index contributed by atoms with van der Waals surface area (Å²) in [6, 6.07) is 10.8. The maximum atomic E-state index is 12.3. The average molecular weight is 410 g/mol. The molecule has 0 aliphatic heterocycles. The summed E-state index contributed by atoms with van der Waals surface area (Å²) in [4.78, 5) is 24.2. The van der Waals surface area contributed by atoms with E-state index in [0.29, 0.717) is 10.6 Å². The summed E-state index contributed by atoms with van der Waals surface area (Å²) in [6.07, 6.45) is -1.05. The second kappa shape index (κ2) is 8.65. The maximum Gasteiger partial charge on any atom is 0.321 e. The topological polar surface area (TPSA) is 89.5 Å². The van der Waals surface area contributed by atoms with Crippen LogP contribution in [-0.4, -0.2) is 32.8 Å². The molecule has 0 aromatic heterocycles. The SMILES string of the molecule is Cc1ccc(S(=O)(=O)NCC(=O)O[C@H](C)C(=O)c2ccc(Cl)cc2)cc1C. The number of Topliss-reactive ketones (excluding diaryl/α,β-unsaturated/α-hetero) is 1. The molecular formula is C19H20ClNO5S. The predicted molar refractivity (Wildman–Crippen MR) is 102 cm³/mol. The highest BCUT2D eigenvalue weighted by atomic mass is 35.5. The molecule has 144 valence electrons. The number of carbonyl (C=O) groups is 2. The van der Waals surface area contributed by atoms with E-state index >= 15 is 0 Å². The number of ether oxygens (including phenoxy) is 1.